The summed E-state index contributed by atoms with van der Waals surface area (Å²) < 4.78 is 0. The molecule has 3 rings (SSSR count). The largest absolute Gasteiger partial charge is 0.339 e. The number of hydrogen-bond acceptors (Lipinski definition) is 3. The summed E-state index contributed by atoms with van der Waals surface area (Å²) in [6.07, 6.45) is 0. The van der Waals surface area contributed by atoms with E-state index in [-0.39, 0.29) is 11.8 Å². The second-order valence-corrected chi connectivity index (χ2v) is 8.08. The van der Waals surface area contributed by atoms with Crippen molar-refractivity contribution in [1.82, 2.24) is 9.80 Å². The average molecular weight is 400 g/mol. The molecule has 1 aliphatic rings. The van der Waals surface area contributed by atoms with Gasteiger partial charge in [-0.2, -0.15) is 0 Å². The van der Waals surface area contributed by atoms with E-state index in [9.17, 15) is 9.59 Å². The van der Waals surface area contributed by atoms with Gasteiger partial charge in [0, 0.05) is 43.4 Å². The monoisotopic (exact) mass is 399 g/mol. The molecule has 1 fully saturated rings. The number of anilines is 1. The standard InChI is InChI=1S/C22H26ClN3O2/c1-22(2,20(27)24-19-10-8-18(23)9-11-19)21(28)26-14-12-25(13-15-26)16-17-6-4-3-5-7-17/h3-11H,12-16H2,1-2H3,(H,24,27). The zero-order chi connectivity index (χ0) is 20.1. The molecular formula is C22H26ClN3O2. The second kappa shape index (κ2) is 8.76. The van der Waals surface area contributed by atoms with Crippen LogP contribution in [0.1, 0.15) is 19.4 Å². The highest BCUT2D eigenvalue weighted by Crippen LogP contribution is 2.24. The molecule has 6 heteroatoms. The molecule has 5 nitrogen and oxygen atoms in total. The summed E-state index contributed by atoms with van der Waals surface area (Å²) in [6.45, 7) is 7.09. The third-order valence-electron chi connectivity index (χ3n) is 5.11. The van der Waals surface area contributed by atoms with E-state index >= 15 is 0 Å². The normalized spacial score (nSPS) is 15.3. The maximum absolute atomic E-state index is 13.0. The Morgan fingerprint density at radius 1 is 0.964 bits per heavy atom. The first kappa shape index (κ1) is 20.4. The first-order valence-electron chi connectivity index (χ1n) is 9.49. The molecule has 0 unspecified atom stereocenters. The van der Waals surface area contributed by atoms with Gasteiger partial charge in [-0.25, -0.2) is 0 Å². The van der Waals surface area contributed by atoms with Crippen molar-refractivity contribution in [2.24, 2.45) is 5.41 Å². The van der Waals surface area contributed by atoms with Crippen LogP contribution in [0.2, 0.25) is 5.02 Å². The lowest BCUT2D eigenvalue weighted by Gasteiger charge is -2.38. The van der Waals surface area contributed by atoms with Gasteiger partial charge in [0.25, 0.3) is 0 Å². The van der Waals surface area contributed by atoms with Gasteiger partial charge in [-0.3, -0.25) is 14.5 Å². The Bertz CT molecular complexity index is 813. The van der Waals surface area contributed by atoms with E-state index in [1.165, 1.54) is 5.56 Å². The highest BCUT2D eigenvalue weighted by atomic mass is 35.5. The van der Waals surface area contributed by atoms with Crippen LogP contribution in [-0.2, 0) is 16.1 Å². The molecule has 2 aromatic carbocycles. The first-order valence-corrected chi connectivity index (χ1v) is 9.87. The number of benzene rings is 2. The molecule has 0 spiro atoms. The number of nitrogens with one attached hydrogen (secondary N) is 1. The molecular weight excluding hydrogens is 374 g/mol. The average Bonchev–Trinajstić information content (AvgIpc) is 2.70. The number of carbonyl (C=O) groups is 2. The number of rotatable bonds is 5. The van der Waals surface area contributed by atoms with Crippen molar-refractivity contribution >= 4 is 29.1 Å². The highest BCUT2D eigenvalue weighted by Gasteiger charge is 2.40. The Kier molecular flexibility index (Phi) is 6.37. The fraction of sp³-hybridized carbons (Fsp3) is 0.364. The Balaban J connectivity index is 1.55. The summed E-state index contributed by atoms with van der Waals surface area (Å²) in [5.74, 6) is -0.454. The minimum Gasteiger partial charge on any atom is -0.339 e. The van der Waals surface area contributed by atoms with Gasteiger partial charge in [0.1, 0.15) is 5.41 Å². The van der Waals surface area contributed by atoms with Gasteiger partial charge in [0.05, 0.1) is 0 Å². The van der Waals surface area contributed by atoms with Crippen molar-refractivity contribution in [3.05, 3.63) is 65.2 Å². The van der Waals surface area contributed by atoms with Crippen LogP contribution in [0.3, 0.4) is 0 Å². The van der Waals surface area contributed by atoms with Crippen LogP contribution in [0.5, 0.6) is 0 Å². The lowest BCUT2D eigenvalue weighted by atomic mass is 9.89. The summed E-state index contributed by atoms with van der Waals surface area (Å²) in [5.41, 5.74) is 0.759. The van der Waals surface area contributed by atoms with E-state index in [4.69, 9.17) is 11.6 Å². The van der Waals surface area contributed by atoms with Crippen molar-refractivity contribution in [3.8, 4) is 0 Å². The SMILES string of the molecule is CC(C)(C(=O)Nc1ccc(Cl)cc1)C(=O)N1CCN(Cc2ccccc2)CC1. The Hall–Kier alpha value is -2.37. The van der Waals surface area contributed by atoms with Crippen molar-refractivity contribution in [1.29, 1.82) is 0 Å². The molecule has 0 aromatic heterocycles. The van der Waals surface area contributed by atoms with Crippen LogP contribution in [0.4, 0.5) is 5.69 Å². The molecule has 0 bridgehead atoms. The topological polar surface area (TPSA) is 52.7 Å². The Morgan fingerprint density at radius 2 is 1.57 bits per heavy atom. The fourth-order valence-electron chi connectivity index (χ4n) is 3.26. The van der Waals surface area contributed by atoms with Gasteiger partial charge in [0.15, 0.2) is 0 Å². The molecule has 28 heavy (non-hydrogen) atoms. The number of piperazine rings is 1. The third kappa shape index (κ3) is 4.91. The van der Waals surface area contributed by atoms with Gasteiger partial charge in [-0.15, -0.1) is 0 Å². The minimum absolute atomic E-state index is 0.140. The molecule has 1 aliphatic heterocycles. The van der Waals surface area contributed by atoms with E-state index in [0.29, 0.717) is 23.8 Å². The molecule has 2 aromatic rings. The van der Waals surface area contributed by atoms with Crippen LogP contribution in [-0.4, -0.2) is 47.8 Å². The van der Waals surface area contributed by atoms with Crippen molar-refractivity contribution in [2.45, 2.75) is 20.4 Å². The zero-order valence-corrected chi connectivity index (χ0v) is 17.1. The van der Waals surface area contributed by atoms with Crippen LogP contribution in [0.25, 0.3) is 0 Å². The smallest absolute Gasteiger partial charge is 0.239 e. The number of hydrogen-bond donors (Lipinski definition) is 1. The number of halogens is 1. The molecule has 0 atom stereocenters. The fourth-order valence-corrected chi connectivity index (χ4v) is 3.39. The Labute approximate surface area is 171 Å². The second-order valence-electron chi connectivity index (χ2n) is 7.64. The Morgan fingerprint density at radius 3 is 2.18 bits per heavy atom. The lowest BCUT2D eigenvalue weighted by molar-refractivity contribution is -0.147. The van der Waals surface area contributed by atoms with E-state index < -0.39 is 5.41 Å². The van der Waals surface area contributed by atoms with Crippen molar-refractivity contribution < 1.29 is 9.59 Å². The molecule has 0 radical (unpaired) electrons. The maximum atomic E-state index is 13.0. The van der Waals surface area contributed by atoms with Crippen LogP contribution < -0.4 is 5.32 Å². The molecule has 1 saturated heterocycles. The van der Waals surface area contributed by atoms with Gasteiger partial charge in [0.2, 0.25) is 11.8 Å². The predicted molar refractivity (Wildman–Crippen MR) is 112 cm³/mol. The molecule has 2 amide bonds. The zero-order valence-electron chi connectivity index (χ0n) is 16.3. The van der Waals surface area contributed by atoms with E-state index in [0.717, 1.165) is 19.6 Å². The summed E-state index contributed by atoms with van der Waals surface area (Å²) >= 11 is 5.88. The summed E-state index contributed by atoms with van der Waals surface area (Å²) in [6, 6.07) is 17.2. The lowest BCUT2D eigenvalue weighted by Crippen LogP contribution is -2.54. The van der Waals surface area contributed by atoms with E-state index in [1.54, 1.807) is 43.0 Å². The van der Waals surface area contributed by atoms with Crippen LogP contribution in [0.15, 0.2) is 54.6 Å². The molecule has 1 heterocycles. The van der Waals surface area contributed by atoms with E-state index in [2.05, 4.69) is 22.3 Å². The van der Waals surface area contributed by atoms with Crippen molar-refractivity contribution in [3.63, 3.8) is 0 Å². The summed E-state index contributed by atoms with van der Waals surface area (Å²) in [7, 11) is 0. The van der Waals surface area contributed by atoms with Gasteiger partial charge >= 0.3 is 0 Å². The van der Waals surface area contributed by atoms with Crippen LogP contribution in [0, 0.1) is 5.41 Å². The number of carbonyl (C=O) groups excluding carboxylic acids is 2. The number of amides is 2. The predicted octanol–water partition coefficient (Wildman–Crippen LogP) is 3.65. The van der Waals surface area contributed by atoms with Gasteiger partial charge in [-0.1, -0.05) is 41.9 Å². The third-order valence-corrected chi connectivity index (χ3v) is 5.36. The maximum Gasteiger partial charge on any atom is 0.239 e. The van der Waals surface area contributed by atoms with Gasteiger partial charge < -0.3 is 10.2 Å². The summed E-state index contributed by atoms with van der Waals surface area (Å²) in [4.78, 5) is 29.8. The van der Waals surface area contributed by atoms with E-state index in [1.807, 2.05) is 18.2 Å². The molecule has 1 N–H and O–H groups in total. The van der Waals surface area contributed by atoms with Gasteiger partial charge in [-0.05, 0) is 43.7 Å². The highest BCUT2D eigenvalue weighted by molar-refractivity contribution is 6.30. The molecule has 148 valence electrons. The first-order chi connectivity index (χ1) is 13.4. The quantitative estimate of drug-likeness (QED) is 0.781. The minimum atomic E-state index is -1.14. The summed E-state index contributed by atoms with van der Waals surface area (Å²) in [5, 5.41) is 3.41. The van der Waals surface area contributed by atoms with Crippen molar-refractivity contribution in [2.75, 3.05) is 31.5 Å². The number of nitrogens with zero attached hydrogens (tertiary/aromatic N) is 2. The molecule has 0 aliphatic carbocycles. The molecule has 0 saturated carbocycles. The van der Waals surface area contributed by atoms with Crippen LogP contribution >= 0.6 is 11.6 Å².